The first kappa shape index (κ1) is 22.3. The van der Waals surface area contributed by atoms with Crippen molar-refractivity contribution in [3.05, 3.63) is 107 Å². The van der Waals surface area contributed by atoms with E-state index in [2.05, 4.69) is 63.3 Å². The molecule has 3 heterocycles. The van der Waals surface area contributed by atoms with Gasteiger partial charge in [0.05, 0.1) is 11.6 Å². The molecule has 0 saturated heterocycles. The predicted octanol–water partition coefficient (Wildman–Crippen LogP) is 4.67. The molecule has 1 aromatic heterocycles. The molecule has 3 atom stereocenters. The zero-order chi connectivity index (χ0) is 23.5. The number of hydrogen-bond acceptors (Lipinski definition) is 6. The summed E-state index contributed by atoms with van der Waals surface area (Å²) >= 11 is 6.18. The monoisotopic (exact) mass is 472 g/mol. The number of benzene rings is 1. The number of pyridine rings is 1. The maximum absolute atomic E-state index is 7.28. The lowest BCUT2D eigenvalue weighted by Crippen LogP contribution is -2.43. The van der Waals surface area contributed by atoms with Gasteiger partial charge in [0.15, 0.2) is 0 Å². The van der Waals surface area contributed by atoms with Crippen LogP contribution in [-0.4, -0.2) is 29.8 Å². The van der Waals surface area contributed by atoms with E-state index in [9.17, 15) is 0 Å². The van der Waals surface area contributed by atoms with Gasteiger partial charge in [-0.05, 0) is 66.4 Å². The van der Waals surface area contributed by atoms with Gasteiger partial charge in [-0.2, -0.15) is 0 Å². The van der Waals surface area contributed by atoms with Crippen LogP contribution in [0.2, 0.25) is 5.02 Å². The van der Waals surface area contributed by atoms with Crippen molar-refractivity contribution in [2.24, 2.45) is 5.92 Å². The summed E-state index contributed by atoms with van der Waals surface area (Å²) in [6, 6.07) is 11.9. The Morgan fingerprint density at radius 3 is 2.71 bits per heavy atom. The molecular weight excluding hydrogens is 444 g/mol. The summed E-state index contributed by atoms with van der Waals surface area (Å²) in [5.41, 5.74) is 4.38. The Bertz CT molecular complexity index is 1160. The van der Waals surface area contributed by atoms with Crippen molar-refractivity contribution in [1.29, 1.82) is 5.41 Å². The molecule has 1 aromatic carbocycles. The molecule has 34 heavy (non-hydrogen) atoms. The van der Waals surface area contributed by atoms with E-state index in [1.165, 1.54) is 17.4 Å². The van der Waals surface area contributed by atoms with Crippen LogP contribution in [0.4, 0.5) is 5.82 Å². The Hall–Kier alpha value is -3.51. The number of nitrogens with one attached hydrogen (secondary N) is 5. The molecule has 7 heteroatoms. The quantitative estimate of drug-likeness (QED) is 0.270. The fraction of sp³-hybridized carbons (Fsp3) is 0.259. The molecule has 2 aromatic rings. The summed E-state index contributed by atoms with van der Waals surface area (Å²) < 4.78 is 0. The van der Waals surface area contributed by atoms with Crippen molar-refractivity contribution in [3.8, 4) is 0 Å². The summed E-state index contributed by atoms with van der Waals surface area (Å²) in [6.07, 6.45) is 13.7. The molecule has 2 aliphatic heterocycles. The normalized spacial score (nSPS) is 24.8. The van der Waals surface area contributed by atoms with Gasteiger partial charge in [0.1, 0.15) is 11.6 Å². The highest BCUT2D eigenvalue weighted by atomic mass is 35.5. The van der Waals surface area contributed by atoms with Crippen LogP contribution in [-0.2, 0) is 0 Å². The van der Waals surface area contributed by atoms with Crippen LogP contribution in [0.15, 0.2) is 90.6 Å². The summed E-state index contributed by atoms with van der Waals surface area (Å²) in [4.78, 5) is 4.33. The second-order valence-electron chi connectivity index (χ2n) is 8.89. The maximum atomic E-state index is 7.28. The van der Waals surface area contributed by atoms with Gasteiger partial charge in [0.2, 0.25) is 0 Å². The van der Waals surface area contributed by atoms with Crippen LogP contribution in [0, 0.1) is 11.3 Å². The lowest BCUT2D eigenvalue weighted by atomic mass is 9.85. The Morgan fingerprint density at radius 1 is 1.18 bits per heavy atom. The summed E-state index contributed by atoms with van der Waals surface area (Å²) in [6.45, 7) is 5.48. The van der Waals surface area contributed by atoms with Gasteiger partial charge in [-0.3, -0.25) is 0 Å². The lowest BCUT2D eigenvalue weighted by molar-refractivity contribution is 0.491. The molecule has 6 nitrogen and oxygen atoms in total. The van der Waals surface area contributed by atoms with E-state index in [4.69, 9.17) is 17.0 Å². The van der Waals surface area contributed by atoms with Crippen molar-refractivity contribution < 1.29 is 0 Å². The van der Waals surface area contributed by atoms with Gasteiger partial charge in [-0.1, -0.05) is 42.5 Å². The molecule has 5 rings (SSSR count). The predicted molar refractivity (Wildman–Crippen MR) is 139 cm³/mol. The Morgan fingerprint density at radius 2 is 2.00 bits per heavy atom. The molecule has 1 fully saturated rings. The number of aromatic nitrogens is 1. The van der Waals surface area contributed by atoms with Crippen molar-refractivity contribution in [1.82, 2.24) is 20.9 Å². The Labute approximate surface area is 205 Å². The minimum atomic E-state index is 0.00169. The number of allylic oxidation sites excluding steroid dienone is 4. The molecule has 3 unspecified atom stereocenters. The number of hydrogen-bond donors (Lipinski definition) is 5. The topological polar surface area (TPSA) is 84.9 Å². The van der Waals surface area contributed by atoms with Gasteiger partial charge in [-0.25, -0.2) is 4.98 Å². The number of dihydropyridines is 1. The number of nitrogens with zero attached hydrogens (tertiary/aromatic N) is 1. The molecule has 0 radical (unpaired) electrons. The SMILES string of the molecule is C=CC1=C(NCCNc2ccc(C=N)cn2)NC(c2ccc(Cl)cc2)C(C23CC2CC=CN3)=C1. The molecule has 1 aliphatic carbocycles. The minimum absolute atomic E-state index is 0.00169. The standard InChI is InChI=1S/C27H29ClN6/c1-2-19-14-23(27-15-21(27)4-3-11-33-27)25(20-6-8-22(28)9-7-20)34-26(19)31-13-12-30-24-10-5-18(16-29)17-32-24/h2-3,5-11,14,16-17,21,25,29,31,33-34H,1,4,12-13,15H2,(H,30,32). The van der Waals surface area contributed by atoms with E-state index in [-0.39, 0.29) is 11.6 Å². The number of anilines is 1. The van der Waals surface area contributed by atoms with Gasteiger partial charge < -0.3 is 26.7 Å². The Balaban J connectivity index is 1.34. The van der Waals surface area contributed by atoms with Crippen LogP contribution in [0.3, 0.4) is 0 Å². The van der Waals surface area contributed by atoms with Gasteiger partial charge in [0, 0.05) is 41.7 Å². The zero-order valence-corrected chi connectivity index (χ0v) is 19.7. The minimum Gasteiger partial charge on any atom is -0.382 e. The van der Waals surface area contributed by atoms with Crippen molar-refractivity contribution >= 4 is 23.6 Å². The van der Waals surface area contributed by atoms with Crippen LogP contribution >= 0.6 is 11.6 Å². The fourth-order valence-electron chi connectivity index (χ4n) is 4.89. The van der Waals surface area contributed by atoms with E-state index >= 15 is 0 Å². The van der Waals surface area contributed by atoms with Crippen molar-refractivity contribution in [2.45, 2.75) is 24.4 Å². The van der Waals surface area contributed by atoms with Crippen molar-refractivity contribution in [2.75, 3.05) is 18.4 Å². The molecule has 1 saturated carbocycles. The van der Waals surface area contributed by atoms with Crippen LogP contribution in [0.25, 0.3) is 0 Å². The summed E-state index contributed by atoms with van der Waals surface area (Å²) in [5, 5.41) is 22.3. The summed E-state index contributed by atoms with van der Waals surface area (Å²) in [5.74, 6) is 2.38. The van der Waals surface area contributed by atoms with Crippen molar-refractivity contribution in [3.63, 3.8) is 0 Å². The first-order valence-electron chi connectivity index (χ1n) is 11.6. The largest absolute Gasteiger partial charge is 0.382 e. The number of fused-ring (bicyclic) bond motifs is 1. The highest BCUT2D eigenvalue weighted by Crippen LogP contribution is 2.56. The van der Waals surface area contributed by atoms with Gasteiger partial charge >= 0.3 is 0 Å². The molecule has 0 spiro atoms. The first-order chi connectivity index (χ1) is 16.6. The third-order valence-electron chi connectivity index (χ3n) is 6.81. The molecule has 174 valence electrons. The van der Waals surface area contributed by atoms with Gasteiger partial charge in [0.25, 0.3) is 0 Å². The molecule has 3 aliphatic rings. The Kier molecular flexibility index (Phi) is 6.16. The zero-order valence-electron chi connectivity index (χ0n) is 18.9. The molecule has 5 N–H and O–H groups in total. The average molecular weight is 473 g/mol. The van der Waals surface area contributed by atoms with E-state index in [0.29, 0.717) is 19.0 Å². The third kappa shape index (κ3) is 4.33. The number of rotatable bonds is 9. The van der Waals surface area contributed by atoms with Crippen LogP contribution in [0.1, 0.15) is 30.0 Å². The second-order valence-corrected chi connectivity index (χ2v) is 9.33. The van der Waals surface area contributed by atoms with Crippen LogP contribution in [0.5, 0.6) is 0 Å². The molecular formula is C27H29ClN6. The molecule has 0 bridgehead atoms. The lowest BCUT2D eigenvalue weighted by Gasteiger charge is -2.36. The second kappa shape index (κ2) is 9.39. The maximum Gasteiger partial charge on any atom is 0.125 e. The number of halogens is 1. The smallest absolute Gasteiger partial charge is 0.125 e. The first-order valence-corrected chi connectivity index (χ1v) is 12.0. The van der Waals surface area contributed by atoms with Gasteiger partial charge in [-0.15, -0.1) is 0 Å². The highest BCUT2D eigenvalue weighted by Gasteiger charge is 2.58. The average Bonchev–Trinajstić information content (AvgIpc) is 3.63. The van der Waals surface area contributed by atoms with E-state index in [0.717, 1.165) is 40.6 Å². The fourth-order valence-corrected chi connectivity index (χ4v) is 5.01. The van der Waals surface area contributed by atoms with E-state index in [1.807, 2.05) is 30.3 Å². The summed E-state index contributed by atoms with van der Waals surface area (Å²) in [7, 11) is 0. The third-order valence-corrected chi connectivity index (χ3v) is 7.06. The van der Waals surface area contributed by atoms with Crippen LogP contribution < -0.4 is 21.3 Å². The van der Waals surface area contributed by atoms with E-state index < -0.39 is 0 Å². The highest BCUT2D eigenvalue weighted by molar-refractivity contribution is 6.30. The molecule has 0 amide bonds. The van der Waals surface area contributed by atoms with E-state index in [1.54, 1.807) is 6.20 Å².